The highest BCUT2D eigenvalue weighted by Crippen LogP contribution is 2.30. The van der Waals surface area contributed by atoms with Crippen LogP contribution in [-0.2, 0) is 16.4 Å². The van der Waals surface area contributed by atoms with Crippen LogP contribution in [0.25, 0.3) is 0 Å². The predicted octanol–water partition coefficient (Wildman–Crippen LogP) is 2.98. The molecule has 10 heteroatoms. The van der Waals surface area contributed by atoms with E-state index in [0.717, 1.165) is 6.42 Å². The molecule has 1 aromatic carbocycles. The summed E-state index contributed by atoms with van der Waals surface area (Å²) in [5.41, 5.74) is -3.99. The second-order valence-electron chi connectivity index (χ2n) is 8.43. The summed E-state index contributed by atoms with van der Waals surface area (Å²) >= 11 is 0. The predicted molar refractivity (Wildman–Crippen MR) is 113 cm³/mol. The molecule has 6 nitrogen and oxygen atoms in total. The monoisotopic (exact) mass is 448 g/mol. The second-order valence-corrected chi connectivity index (χ2v) is 10.4. The maximum Gasteiger partial charge on any atom is 0.511 e. The standard InChI is InChI=1S/C20H31F3N4O2S/c1-19(2,13-16-7-5-4-6-8-16)15-26-18(24-3)25-14-17-9-11-27(12-10-17)30(28,29)20(21,22)23/h4-8,17H,9-15H2,1-3H3,(H2,24,25,26). The van der Waals surface area contributed by atoms with E-state index in [9.17, 15) is 21.6 Å². The van der Waals surface area contributed by atoms with Gasteiger partial charge in [0, 0.05) is 33.2 Å². The van der Waals surface area contributed by atoms with Gasteiger partial charge in [-0.15, -0.1) is 0 Å². The van der Waals surface area contributed by atoms with E-state index in [1.54, 1.807) is 7.05 Å². The molecule has 0 radical (unpaired) electrons. The van der Waals surface area contributed by atoms with Crippen molar-refractivity contribution in [2.75, 3.05) is 33.2 Å². The second kappa shape index (κ2) is 10.00. The zero-order valence-corrected chi connectivity index (χ0v) is 18.5. The van der Waals surface area contributed by atoms with E-state index in [1.807, 2.05) is 18.2 Å². The number of rotatable bonds is 7. The normalized spacial score (nSPS) is 17.7. The van der Waals surface area contributed by atoms with Gasteiger partial charge >= 0.3 is 15.5 Å². The Hall–Kier alpha value is -1.81. The molecule has 30 heavy (non-hydrogen) atoms. The fourth-order valence-corrected chi connectivity index (χ4v) is 4.48. The number of guanidine groups is 1. The van der Waals surface area contributed by atoms with Crippen molar-refractivity contribution in [3.05, 3.63) is 35.9 Å². The number of piperidine rings is 1. The van der Waals surface area contributed by atoms with E-state index in [-0.39, 0.29) is 24.4 Å². The molecule has 1 fully saturated rings. The average Bonchev–Trinajstić information content (AvgIpc) is 2.68. The van der Waals surface area contributed by atoms with Crippen LogP contribution in [0, 0.1) is 11.3 Å². The first-order chi connectivity index (χ1) is 13.9. The lowest BCUT2D eigenvalue weighted by Crippen LogP contribution is -2.48. The minimum atomic E-state index is -5.24. The van der Waals surface area contributed by atoms with Gasteiger partial charge < -0.3 is 10.6 Å². The van der Waals surface area contributed by atoms with Crippen LogP contribution < -0.4 is 10.6 Å². The molecule has 2 rings (SSSR count). The number of hydrogen-bond acceptors (Lipinski definition) is 3. The van der Waals surface area contributed by atoms with Crippen LogP contribution in [-0.4, -0.2) is 57.4 Å². The molecule has 1 saturated heterocycles. The highest BCUT2D eigenvalue weighted by atomic mass is 32.2. The largest absolute Gasteiger partial charge is 0.511 e. The van der Waals surface area contributed by atoms with Gasteiger partial charge in [-0.1, -0.05) is 44.2 Å². The molecular weight excluding hydrogens is 417 g/mol. The first-order valence-electron chi connectivity index (χ1n) is 9.99. The maximum atomic E-state index is 12.7. The Morgan fingerprint density at radius 2 is 1.73 bits per heavy atom. The van der Waals surface area contributed by atoms with Gasteiger partial charge in [-0.3, -0.25) is 4.99 Å². The van der Waals surface area contributed by atoms with Crippen molar-refractivity contribution >= 4 is 16.0 Å². The third kappa shape index (κ3) is 6.87. The van der Waals surface area contributed by atoms with Crippen LogP contribution in [0.4, 0.5) is 13.2 Å². The zero-order chi connectivity index (χ0) is 22.4. The molecule has 2 N–H and O–H groups in total. The van der Waals surface area contributed by atoms with E-state index < -0.39 is 15.5 Å². The lowest BCUT2D eigenvalue weighted by Gasteiger charge is -2.32. The number of nitrogens with zero attached hydrogens (tertiary/aromatic N) is 2. The van der Waals surface area contributed by atoms with E-state index in [4.69, 9.17) is 0 Å². The lowest BCUT2D eigenvalue weighted by atomic mass is 9.86. The van der Waals surface area contributed by atoms with Crippen LogP contribution in [0.1, 0.15) is 32.3 Å². The molecule has 0 bridgehead atoms. The summed E-state index contributed by atoms with van der Waals surface area (Å²) in [6.45, 7) is 5.31. The van der Waals surface area contributed by atoms with Crippen molar-refractivity contribution in [3.63, 3.8) is 0 Å². The van der Waals surface area contributed by atoms with Gasteiger partial charge in [0.25, 0.3) is 0 Å². The Morgan fingerprint density at radius 3 is 2.27 bits per heavy atom. The molecule has 1 aromatic rings. The first-order valence-corrected chi connectivity index (χ1v) is 11.4. The first kappa shape index (κ1) is 24.5. The van der Waals surface area contributed by atoms with E-state index >= 15 is 0 Å². The molecule has 0 saturated carbocycles. The SMILES string of the molecule is CN=C(NCC1CCN(S(=O)(=O)C(F)(F)F)CC1)NCC(C)(C)Cc1ccccc1. The topological polar surface area (TPSA) is 73.8 Å². The fraction of sp³-hybridized carbons (Fsp3) is 0.650. The van der Waals surface area contributed by atoms with Gasteiger partial charge in [0.15, 0.2) is 5.96 Å². The number of sulfonamides is 1. The van der Waals surface area contributed by atoms with Gasteiger partial charge in [-0.25, -0.2) is 8.42 Å². The summed E-state index contributed by atoms with van der Waals surface area (Å²) in [5, 5.41) is 6.51. The Balaban J connectivity index is 1.77. The van der Waals surface area contributed by atoms with Gasteiger partial charge in [-0.05, 0) is 36.2 Å². The third-order valence-corrected chi connectivity index (χ3v) is 6.88. The molecule has 170 valence electrons. The van der Waals surface area contributed by atoms with Crippen LogP contribution >= 0.6 is 0 Å². The summed E-state index contributed by atoms with van der Waals surface area (Å²) in [4.78, 5) is 4.21. The Morgan fingerprint density at radius 1 is 1.13 bits per heavy atom. The molecule has 0 amide bonds. The van der Waals surface area contributed by atoms with Crippen LogP contribution in [0.5, 0.6) is 0 Å². The number of aliphatic imine (C=N–C) groups is 1. The summed E-state index contributed by atoms with van der Waals surface area (Å²) < 4.78 is 61.5. The van der Waals surface area contributed by atoms with Crippen molar-refractivity contribution in [1.29, 1.82) is 0 Å². The number of alkyl halides is 3. The van der Waals surface area contributed by atoms with Crippen molar-refractivity contribution in [2.24, 2.45) is 16.3 Å². The number of halogens is 3. The Bertz CT molecular complexity index is 803. The zero-order valence-electron chi connectivity index (χ0n) is 17.7. The smallest absolute Gasteiger partial charge is 0.356 e. The third-order valence-electron chi connectivity index (χ3n) is 5.25. The number of nitrogens with one attached hydrogen (secondary N) is 2. The van der Waals surface area contributed by atoms with Crippen molar-refractivity contribution in [2.45, 2.75) is 38.6 Å². The number of benzene rings is 1. The maximum absolute atomic E-state index is 12.7. The molecule has 0 spiro atoms. The molecule has 1 heterocycles. The van der Waals surface area contributed by atoms with Crippen LogP contribution in [0.3, 0.4) is 0 Å². The van der Waals surface area contributed by atoms with E-state index in [0.29, 0.717) is 36.2 Å². The molecule has 1 aliphatic heterocycles. The molecule has 1 aliphatic rings. The van der Waals surface area contributed by atoms with Crippen LogP contribution in [0.15, 0.2) is 35.3 Å². The summed E-state index contributed by atoms with van der Waals surface area (Å²) in [7, 11) is -3.57. The van der Waals surface area contributed by atoms with Crippen LogP contribution in [0.2, 0.25) is 0 Å². The molecule has 0 aliphatic carbocycles. The van der Waals surface area contributed by atoms with E-state index in [2.05, 4.69) is 41.6 Å². The molecule has 0 aromatic heterocycles. The van der Waals surface area contributed by atoms with Gasteiger partial charge in [0.2, 0.25) is 0 Å². The summed E-state index contributed by atoms with van der Waals surface area (Å²) in [6, 6.07) is 10.2. The van der Waals surface area contributed by atoms with Crippen molar-refractivity contribution in [1.82, 2.24) is 14.9 Å². The number of hydrogen-bond donors (Lipinski definition) is 2. The highest BCUT2D eigenvalue weighted by molar-refractivity contribution is 7.90. The van der Waals surface area contributed by atoms with Crippen molar-refractivity contribution < 1.29 is 21.6 Å². The van der Waals surface area contributed by atoms with Gasteiger partial charge in [0.1, 0.15) is 0 Å². The fourth-order valence-electron chi connectivity index (χ4n) is 3.50. The summed E-state index contributed by atoms with van der Waals surface area (Å²) in [6.07, 6.45) is 1.65. The minimum Gasteiger partial charge on any atom is -0.356 e. The Labute approximate surface area is 177 Å². The van der Waals surface area contributed by atoms with Crippen molar-refractivity contribution in [3.8, 4) is 0 Å². The van der Waals surface area contributed by atoms with E-state index in [1.165, 1.54) is 5.56 Å². The quantitative estimate of drug-likeness (QED) is 0.497. The lowest BCUT2D eigenvalue weighted by molar-refractivity contribution is -0.0496. The Kier molecular flexibility index (Phi) is 8.15. The van der Waals surface area contributed by atoms with Gasteiger partial charge in [-0.2, -0.15) is 17.5 Å². The molecule has 0 unspecified atom stereocenters. The van der Waals surface area contributed by atoms with Gasteiger partial charge in [0.05, 0.1) is 0 Å². The minimum absolute atomic E-state index is 0.00370. The molecular formula is C20H31F3N4O2S. The summed E-state index contributed by atoms with van der Waals surface area (Å²) in [5.74, 6) is 0.710. The molecule has 0 atom stereocenters. The average molecular weight is 449 g/mol. The highest BCUT2D eigenvalue weighted by Gasteiger charge is 2.50.